The molecule has 0 amide bonds. The maximum Gasteiger partial charge on any atom is 0.133 e. The molecule has 0 aliphatic rings. The first-order chi connectivity index (χ1) is 7.54. The van der Waals surface area contributed by atoms with Gasteiger partial charge in [0.25, 0.3) is 0 Å². The summed E-state index contributed by atoms with van der Waals surface area (Å²) in [5, 5.41) is 2.93. The molecule has 0 heterocycles. The molecule has 0 aromatic heterocycles. The second-order valence-corrected chi connectivity index (χ2v) is 3.69. The molecule has 16 heavy (non-hydrogen) atoms. The van der Waals surface area contributed by atoms with Crippen LogP contribution in [0.25, 0.3) is 0 Å². The van der Waals surface area contributed by atoms with Crippen LogP contribution in [0.2, 0.25) is 0 Å². The fourth-order valence-corrected chi connectivity index (χ4v) is 1.37. The molecule has 0 unspecified atom stereocenters. The molecule has 0 saturated heterocycles. The monoisotopic (exact) mass is 232 g/mol. The van der Waals surface area contributed by atoms with Crippen molar-refractivity contribution in [3.05, 3.63) is 35.1 Å². The van der Waals surface area contributed by atoms with Gasteiger partial charge in [-0.2, -0.15) is 0 Å². The zero-order chi connectivity index (χ0) is 12.1. The number of halogens is 3. The molecule has 1 rings (SSSR count). The highest BCUT2D eigenvalue weighted by Gasteiger charge is 2.12. The Morgan fingerprint density at radius 1 is 1.19 bits per heavy atom. The average molecular weight is 232 g/mol. The Hall–Kier alpha value is -1.07. The first-order valence-corrected chi connectivity index (χ1v) is 5.01. The fourth-order valence-electron chi connectivity index (χ4n) is 1.37. The van der Waals surface area contributed by atoms with E-state index in [2.05, 4.69) is 5.32 Å². The number of hydrogen-bond acceptors (Lipinski definition) is 2. The van der Waals surface area contributed by atoms with Gasteiger partial charge in [-0.3, -0.25) is 0 Å². The van der Waals surface area contributed by atoms with Crippen molar-refractivity contribution in [3.63, 3.8) is 0 Å². The van der Waals surface area contributed by atoms with Gasteiger partial charge in [-0.15, -0.1) is 0 Å². The lowest BCUT2D eigenvalue weighted by molar-refractivity contribution is 0.315. The summed E-state index contributed by atoms with van der Waals surface area (Å²) >= 11 is 0. The number of benzene rings is 1. The maximum absolute atomic E-state index is 13.3. The number of hydrogen-bond donors (Lipinski definition) is 1. The Morgan fingerprint density at radius 2 is 1.75 bits per heavy atom. The van der Waals surface area contributed by atoms with Gasteiger partial charge >= 0.3 is 0 Å². The third-order valence-corrected chi connectivity index (χ3v) is 2.28. The molecule has 0 bridgehead atoms. The van der Waals surface area contributed by atoms with Gasteiger partial charge in [-0.25, -0.2) is 13.2 Å². The summed E-state index contributed by atoms with van der Waals surface area (Å²) in [7, 11) is 3.55. The Kier molecular flexibility index (Phi) is 4.76. The van der Waals surface area contributed by atoms with Crippen LogP contribution in [0.15, 0.2) is 12.1 Å². The molecule has 0 spiro atoms. The van der Waals surface area contributed by atoms with Gasteiger partial charge < -0.3 is 10.2 Å². The molecule has 0 aliphatic heterocycles. The normalized spacial score (nSPS) is 11.1. The minimum absolute atomic E-state index is 0.0972. The van der Waals surface area contributed by atoms with Crippen LogP contribution in [0, 0.1) is 17.5 Å². The summed E-state index contributed by atoms with van der Waals surface area (Å²) in [6.45, 7) is 1.51. The zero-order valence-corrected chi connectivity index (χ0v) is 9.36. The van der Waals surface area contributed by atoms with Crippen molar-refractivity contribution in [1.82, 2.24) is 10.2 Å². The molecule has 0 fully saturated rings. The van der Waals surface area contributed by atoms with E-state index in [0.29, 0.717) is 18.7 Å². The Bertz CT molecular complexity index is 332. The van der Waals surface area contributed by atoms with Crippen molar-refractivity contribution in [2.45, 2.75) is 6.54 Å². The van der Waals surface area contributed by atoms with Crippen molar-refractivity contribution in [1.29, 1.82) is 0 Å². The summed E-state index contributed by atoms with van der Waals surface area (Å²) in [5.74, 6) is -2.57. The van der Waals surface area contributed by atoms with E-state index in [0.717, 1.165) is 6.54 Å². The topological polar surface area (TPSA) is 15.3 Å². The Morgan fingerprint density at radius 3 is 2.25 bits per heavy atom. The minimum atomic E-state index is -0.892. The van der Waals surface area contributed by atoms with E-state index in [9.17, 15) is 13.2 Å². The van der Waals surface area contributed by atoms with Crippen LogP contribution in [0.1, 0.15) is 5.56 Å². The van der Waals surface area contributed by atoms with E-state index < -0.39 is 17.5 Å². The van der Waals surface area contributed by atoms with Crippen LogP contribution in [-0.2, 0) is 6.54 Å². The number of nitrogens with one attached hydrogen (secondary N) is 1. The van der Waals surface area contributed by atoms with Crippen LogP contribution in [0.3, 0.4) is 0 Å². The van der Waals surface area contributed by atoms with Crippen molar-refractivity contribution in [2.24, 2.45) is 0 Å². The number of nitrogens with zero attached hydrogens (tertiary/aromatic N) is 1. The van der Waals surface area contributed by atoms with Gasteiger partial charge in [0.15, 0.2) is 0 Å². The van der Waals surface area contributed by atoms with Crippen LogP contribution in [-0.4, -0.2) is 32.1 Å². The summed E-state index contributed by atoms with van der Waals surface area (Å²) in [6, 6.07) is 1.40. The Balaban J connectivity index is 2.73. The van der Waals surface area contributed by atoms with Crippen LogP contribution in [0.4, 0.5) is 13.2 Å². The maximum atomic E-state index is 13.3. The van der Waals surface area contributed by atoms with Gasteiger partial charge in [0.2, 0.25) is 0 Å². The summed E-state index contributed by atoms with van der Waals surface area (Å²) < 4.78 is 39.2. The van der Waals surface area contributed by atoms with E-state index in [-0.39, 0.29) is 12.1 Å². The molecule has 0 radical (unpaired) electrons. The lowest BCUT2D eigenvalue weighted by Crippen LogP contribution is -2.27. The molecule has 1 N–H and O–H groups in total. The van der Waals surface area contributed by atoms with E-state index in [4.69, 9.17) is 0 Å². The van der Waals surface area contributed by atoms with Crippen molar-refractivity contribution < 1.29 is 13.2 Å². The third kappa shape index (κ3) is 3.50. The van der Waals surface area contributed by atoms with Crippen LogP contribution < -0.4 is 5.32 Å². The highest BCUT2D eigenvalue weighted by Crippen LogP contribution is 2.16. The van der Waals surface area contributed by atoms with Crippen molar-refractivity contribution in [2.75, 3.05) is 27.2 Å². The van der Waals surface area contributed by atoms with E-state index >= 15 is 0 Å². The lowest BCUT2D eigenvalue weighted by atomic mass is 10.2. The quantitative estimate of drug-likeness (QED) is 0.832. The molecule has 2 nitrogen and oxygen atoms in total. The van der Waals surface area contributed by atoms with Gasteiger partial charge in [-0.05, 0) is 14.1 Å². The Labute approximate surface area is 93.1 Å². The first kappa shape index (κ1) is 13.0. The molecule has 0 aliphatic carbocycles. The fraction of sp³-hybridized carbons (Fsp3) is 0.455. The molecule has 1 aromatic carbocycles. The van der Waals surface area contributed by atoms with Crippen molar-refractivity contribution in [3.8, 4) is 0 Å². The smallest absolute Gasteiger partial charge is 0.133 e. The zero-order valence-electron chi connectivity index (χ0n) is 9.36. The van der Waals surface area contributed by atoms with Crippen LogP contribution in [0.5, 0.6) is 0 Å². The SMILES string of the molecule is CNCCN(C)Cc1c(F)cc(F)cc1F. The first-order valence-electron chi connectivity index (χ1n) is 5.01. The second kappa shape index (κ2) is 5.86. The summed E-state index contributed by atoms with van der Waals surface area (Å²) in [5.41, 5.74) is -0.0972. The van der Waals surface area contributed by atoms with Gasteiger partial charge in [0, 0.05) is 37.3 Å². The molecule has 5 heteroatoms. The average Bonchev–Trinajstić information content (AvgIpc) is 2.20. The highest BCUT2D eigenvalue weighted by molar-refractivity contribution is 5.20. The minimum Gasteiger partial charge on any atom is -0.318 e. The lowest BCUT2D eigenvalue weighted by Gasteiger charge is -2.17. The van der Waals surface area contributed by atoms with Gasteiger partial charge in [-0.1, -0.05) is 0 Å². The largest absolute Gasteiger partial charge is 0.318 e. The predicted octanol–water partition coefficient (Wildman–Crippen LogP) is 1.76. The molecule has 0 atom stereocenters. The molecular formula is C11H15F3N2. The summed E-state index contributed by atoms with van der Waals surface area (Å²) in [6.07, 6.45) is 0. The van der Waals surface area contributed by atoms with E-state index in [1.54, 1.807) is 19.0 Å². The molecule has 90 valence electrons. The van der Waals surface area contributed by atoms with Gasteiger partial charge in [0.1, 0.15) is 17.5 Å². The second-order valence-electron chi connectivity index (χ2n) is 3.69. The van der Waals surface area contributed by atoms with E-state index in [1.165, 1.54) is 0 Å². The summed E-state index contributed by atoms with van der Waals surface area (Å²) in [4.78, 5) is 1.76. The van der Waals surface area contributed by atoms with Crippen LogP contribution >= 0.6 is 0 Å². The molecular weight excluding hydrogens is 217 g/mol. The molecule has 0 saturated carbocycles. The highest BCUT2D eigenvalue weighted by atomic mass is 19.1. The number of rotatable bonds is 5. The third-order valence-electron chi connectivity index (χ3n) is 2.28. The number of likely N-dealkylation sites (N-methyl/N-ethyl adjacent to an activating group) is 2. The molecule has 1 aromatic rings. The van der Waals surface area contributed by atoms with Gasteiger partial charge in [0.05, 0.1) is 0 Å². The predicted molar refractivity (Wildman–Crippen MR) is 56.6 cm³/mol. The standard InChI is InChI=1S/C11H15F3N2/c1-15-3-4-16(2)7-9-10(13)5-8(12)6-11(9)14/h5-6,15H,3-4,7H2,1-2H3. The van der Waals surface area contributed by atoms with Crippen molar-refractivity contribution >= 4 is 0 Å². The van der Waals surface area contributed by atoms with E-state index in [1.807, 2.05) is 0 Å².